The summed E-state index contributed by atoms with van der Waals surface area (Å²) in [6.45, 7) is 6.02. The minimum atomic E-state index is 0.271. The smallest absolute Gasteiger partial charge is 0.236 e. The molecule has 0 radical (unpaired) electrons. The highest BCUT2D eigenvalue weighted by atomic mass is 16.2. The van der Waals surface area contributed by atoms with Crippen LogP contribution in [0.4, 0.5) is 5.82 Å². The van der Waals surface area contributed by atoms with E-state index in [1.807, 2.05) is 17.0 Å². The summed E-state index contributed by atoms with van der Waals surface area (Å²) >= 11 is 0. The maximum atomic E-state index is 12.3. The highest BCUT2D eigenvalue weighted by Crippen LogP contribution is 2.15. The van der Waals surface area contributed by atoms with Crippen molar-refractivity contribution in [3.63, 3.8) is 0 Å². The fraction of sp³-hybridized carbons (Fsp3) is 0.588. The number of anilines is 1. The molecular weight excluding hydrogens is 290 g/mol. The Hall–Kier alpha value is -2.13. The van der Waals surface area contributed by atoms with Gasteiger partial charge in [-0.25, -0.2) is 4.98 Å². The topological polar surface area (TPSA) is 63.5 Å². The molecule has 1 amide bonds. The molecule has 0 unspecified atom stereocenters. The number of rotatable bonds is 3. The first kappa shape index (κ1) is 15.8. The summed E-state index contributed by atoms with van der Waals surface area (Å²) in [4.78, 5) is 23.1. The Labute approximate surface area is 137 Å². The molecule has 2 saturated heterocycles. The van der Waals surface area contributed by atoms with Crippen molar-refractivity contribution in [3.8, 4) is 6.07 Å². The number of amides is 1. The lowest BCUT2D eigenvalue weighted by atomic mass is 10.3. The Bertz CT molecular complexity index is 574. The molecule has 0 aromatic carbocycles. The second kappa shape index (κ2) is 7.42. The van der Waals surface area contributed by atoms with Gasteiger partial charge in [0.1, 0.15) is 11.9 Å². The Morgan fingerprint density at radius 2 is 1.91 bits per heavy atom. The molecule has 0 N–H and O–H groups in total. The van der Waals surface area contributed by atoms with Crippen LogP contribution < -0.4 is 4.90 Å². The molecule has 0 spiro atoms. The summed E-state index contributed by atoms with van der Waals surface area (Å²) in [5.41, 5.74) is 0.585. The van der Waals surface area contributed by atoms with Crippen LogP contribution in [0.15, 0.2) is 18.3 Å². The van der Waals surface area contributed by atoms with Crippen molar-refractivity contribution in [2.75, 3.05) is 50.7 Å². The average Bonchev–Trinajstić information content (AvgIpc) is 3.03. The maximum Gasteiger partial charge on any atom is 0.236 e. The SMILES string of the molecule is N#Cc1ccc(N2CCCN(CC(=O)N3CCCC3)CC2)nc1. The molecule has 2 aliphatic heterocycles. The summed E-state index contributed by atoms with van der Waals surface area (Å²) in [5, 5.41) is 8.85. The Kier molecular flexibility index (Phi) is 5.09. The first-order valence-corrected chi connectivity index (χ1v) is 8.37. The maximum absolute atomic E-state index is 12.3. The van der Waals surface area contributed by atoms with Gasteiger partial charge < -0.3 is 9.80 Å². The number of likely N-dealkylation sites (tertiary alicyclic amines) is 1. The van der Waals surface area contributed by atoms with E-state index in [-0.39, 0.29) is 5.91 Å². The van der Waals surface area contributed by atoms with Gasteiger partial charge in [-0.05, 0) is 31.4 Å². The number of nitrogens with zero attached hydrogens (tertiary/aromatic N) is 5. The number of carbonyl (C=O) groups is 1. The van der Waals surface area contributed by atoms with Crippen molar-refractivity contribution in [1.82, 2.24) is 14.8 Å². The van der Waals surface area contributed by atoms with Crippen molar-refractivity contribution in [2.45, 2.75) is 19.3 Å². The van der Waals surface area contributed by atoms with Crippen LogP contribution in [0.3, 0.4) is 0 Å². The minimum Gasteiger partial charge on any atom is -0.355 e. The monoisotopic (exact) mass is 313 g/mol. The van der Waals surface area contributed by atoms with Crippen molar-refractivity contribution in [1.29, 1.82) is 5.26 Å². The first-order chi connectivity index (χ1) is 11.3. The summed E-state index contributed by atoms with van der Waals surface area (Å²) in [6.07, 6.45) is 4.93. The standard InChI is InChI=1S/C17H23N5O/c18-12-15-4-5-16(19-13-15)21-9-3-6-20(10-11-21)14-17(23)22-7-1-2-8-22/h4-5,13H,1-3,6-11,14H2. The Morgan fingerprint density at radius 3 is 2.61 bits per heavy atom. The zero-order valence-corrected chi connectivity index (χ0v) is 13.4. The molecule has 6 heteroatoms. The Balaban J connectivity index is 1.54. The van der Waals surface area contributed by atoms with E-state index in [0.29, 0.717) is 12.1 Å². The largest absolute Gasteiger partial charge is 0.355 e. The molecule has 2 fully saturated rings. The highest BCUT2D eigenvalue weighted by molar-refractivity contribution is 5.78. The van der Waals surface area contributed by atoms with Crippen LogP contribution in [0.5, 0.6) is 0 Å². The molecule has 2 aliphatic rings. The van der Waals surface area contributed by atoms with Crippen LogP contribution in [0.1, 0.15) is 24.8 Å². The number of carbonyl (C=O) groups excluding carboxylic acids is 1. The van der Waals surface area contributed by atoms with Gasteiger partial charge >= 0.3 is 0 Å². The van der Waals surface area contributed by atoms with Gasteiger partial charge in [-0.2, -0.15) is 5.26 Å². The third-order valence-corrected chi connectivity index (χ3v) is 4.61. The molecule has 0 atom stereocenters. The van der Waals surface area contributed by atoms with E-state index in [2.05, 4.69) is 20.9 Å². The number of pyridine rings is 1. The van der Waals surface area contributed by atoms with Gasteiger partial charge in [-0.15, -0.1) is 0 Å². The van der Waals surface area contributed by atoms with E-state index in [1.54, 1.807) is 6.20 Å². The molecule has 0 bridgehead atoms. The summed E-state index contributed by atoms with van der Waals surface area (Å²) < 4.78 is 0. The summed E-state index contributed by atoms with van der Waals surface area (Å²) in [5.74, 6) is 1.18. The third-order valence-electron chi connectivity index (χ3n) is 4.61. The van der Waals surface area contributed by atoms with E-state index >= 15 is 0 Å². The van der Waals surface area contributed by atoms with Crippen molar-refractivity contribution >= 4 is 11.7 Å². The molecular formula is C17H23N5O. The zero-order valence-electron chi connectivity index (χ0n) is 13.4. The predicted octanol–water partition coefficient (Wildman–Crippen LogP) is 1.09. The lowest BCUT2D eigenvalue weighted by Gasteiger charge is -2.24. The van der Waals surface area contributed by atoms with Crippen LogP contribution >= 0.6 is 0 Å². The van der Waals surface area contributed by atoms with Crippen LogP contribution in [-0.2, 0) is 4.79 Å². The lowest BCUT2D eigenvalue weighted by Crippen LogP contribution is -2.40. The molecule has 0 saturated carbocycles. The summed E-state index contributed by atoms with van der Waals surface area (Å²) in [7, 11) is 0. The van der Waals surface area contributed by atoms with Crippen LogP contribution in [-0.4, -0.2) is 66.5 Å². The number of hydrogen-bond donors (Lipinski definition) is 0. The molecule has 23 heavy (non-hydrogen) atoms. The first-order valence-electron chi connectivity index (χ1n) is 8.37. The summed E-state index contributed by atoms with van der Waals surface area (Å²) in [6, 6.07) is 5.81. The predicted molar refractivity (Wildman–Crippen MR) is 88.0 cm³/mol. The fourth-order valence-corrected chi connectivity index (χ4v) is 3.26. The van der Waals surface area contributed by atoms with Crippen molar-refractivity contribution < 1.29 is 4.79 Å². The minimum absolute atomic E-state index is 0.271. The number of hydrogen-bond acceptors (Lipinski definition) is 5. The van der Waals surface area contributed by atoms with Gasteiger partial charge in [0.05, 0.1) is 12.1 Å². The molecule has 1 aromatic rings. The second-order valence-electron chi connectivity index (χ2n) is 6.22. The van der Waals surface area contributed by atoms with Crippen molar-refractivity contribution in [2.24, 2.45) is 0 Å². The van der Waals surface area contributed by atoms with Crippen LogP contribution in [0, 0.1) is 11.3 Å². The Morgan fingerprint density at radius 1 is 1.09 bits per heavy atom. The van der Waals surface area contributed by atoms with Crippen molar-refractivity contribution in [3.05, 3.63) is 23.9 Å². The molecule has 1 aromatic heterocycles. The van der Waals surface area contributed by atoms with Gasteiger partial charge in [0, 0.05) is 45.5 Å². The fourth-order valence-electron chi connectivity index (χ4n) is 3.26. The van der Waals surface area contributed by atoms with Crippen LogP contribution in [0.25, 0.3) is 0 Å². The highest BCUT2D eigenvalue weighted by Gasteiger charge is 2.22. The van der Waals surface area contributed by atoms with E-state index in [4.69, 9.17) is 5.26 Å². The van der Waals surface area contributed by atoms with E-state index in [0.717, 1.165) is 64.3 Å². The molecule has 3 rings (SSSR count). The molecule has 6 nitrogen and oxygen atoms in total. The second-order valence-corrected chi connectivity index (χ2v) is 6.22. The quantitative estimate of drug-likeness (QED) is 0.836. The van der Waals surface area contributed by atoms with Gasteiger partial charge in [0.2, 0.25) is 5.91 Å². The van der Waals surface area contributed by atoms with E-state index < -0.39 is 0 Å². The van der Waals surface area contributed by atoms with Gasteiger partial charge in [0.25, 0.3) is 0 Å². The van der Waals surface area contributed by atoms with Crippen LogP contribution in [0.2, 0.25) is 0 Å². The van der Waals surface area contributed by atoms with E-state index in [1.165, 1.54) is 0 Å². The van der Waals surface area contributed by atoms with E-state index in [9.17, 15) is 4.79 Å². The zero-order chi connectivity index (χ0) is 16.1. The van der Waals surface area contributed by atoms with Gasteiger partial charge in [0.15, 0.2) is 0 Å². The third kappa shape index (κ3) is 3.99. The average molecular weight is 313 g/mol. The normalized spacial score (nSPS) is 19.4. The number of aromatic nitrogens is 1. The molecule has 3 heterocycles. The molecule has 0 aliphatic carbocycles. The molecule has 122 valence electrons. The number of nitriles is 1. The van der Waals surface area contributed by atoms with Gasteiger partial charge in [-0.3, -0.25) is 9.69 Å². The van der Waals surface area contributed by atoms with Gasteiger partial charge in [-0.1, -0.05) is 0 Å². The lowest BCUT2D eigenvalue weighted by molar-refractivity contribution is -0.131.